The van der Waals surface area contributed by atoms with Gasteiger partial charge in [-0.1, -0.05) is 36.4 Å². The van der Waals surface area contributed by atoms with Gasteiger partial charge in [-0.3, -0.25) is 38.4 Å². The minimum atomic E-state index is -4.20. The zero-order valence-electron chi connectivity index (χ0n) is 67.1. The molecule has 6 heterocycles. The number of carboxylic acids is 2. The summed E-state index contributed by atoms with van der Waals surface area (Å²) < 4.78 is 33.7. The lowest BCUT2D eigenvalue weighted by Gasteiger charge is -2.28. The molecule has 5 aromatic rings. The fraction of sp³-hybridized carbons (Fsp3) is 0.482. The molecule has 0 spiro atoms. The monoisotopic (exact) mass is 1540 g/mol. The number of carbonyl (C=O) groups excluding carboxylic acids is 6. The van der Waals surface area contributed by atoms with Crippen molar-refractivity contribution >= 4 is 74.4 Å². The van der Waals surface area contributed by atoms with Crippen molar-refractivity contribution in [3.8, 4) is 0 Å². The van der Waals surface area contributed by atoms with Crippen LogP contribution in [0.4, 0.5) is 5.69 Å². The first-order chi connectivity index (χ1) is 52.0. The van der Waals surface area contributed by atoms with Crippen molar-refractivity contribution < 1.29 is 91.2 Å². The normalized spacial score (nSPS) is 13.7. The number of amides is 4. The first-order valence-corrected chi connectivity index (χ1v) is 39.5. The Kier molecular flexibility index (Phi) is 38.7. The average Bonchev–Trinajstić information content (AvgIpc) is 0.799. The van der Waals surface area contributed by atoms with E-state index in [4.69, 9.17) is 10.2 Å². The number of quaternary nitrogens is 2. The Morgan fingerprint density at radius 3 is 1.19 bits per heavy atom. The Balaban J connectivity index is 0.000000343. The van der Waals surface area contributed by atoms with E-state index in [1.165, 1.54) is 26.2 Å². The van der Waals surface area contributed by atoms with E-state index < -0.39 is 33.8 Å². The summed E-state index contributed by atoms with van der Waals surface area (Å²) in [7, 11) is -4.20. The summed E-state index contributed by atoms with van der Waals surface area (Å²) in [5, 5.41) is 50.9. The van der Waals surface area contributed by atoms with Crippen molar-refractivity contribution in [1.82, 2.24) is 31.2 Å². The van der Waals surface area contributed by atoms with Gasteiger partial charge in [-0.15, -0.1) is 5.76 Å². The first-order valence-electron chi connectivity index (χ1n) is 37.9. The molecule has 27 heteroatoms. The number of carboxylic acid groups (broad SMARTS) is 2. The van der Waals surface area contributed by atoms with Crippen LogP contribution in [0.1, 0.15) is 227 Å². The first kappa shape index (κ1) is 92.6. The molecule has 0 fully saturated rings. The van der Waals surface area contributed by atoms with E-state index in [1.807, 2.05) is 89.2 Å². The highest BCUT2D eigenvalue weighted by atomic mass is 32.2. The second kappa shape index (κ2) is 46.0. The SMILES string of the molecule is CC[NH+](CC)C(C)C.CC[NH+](CC)C(C)C.Cc1c(C)c2c(C)c(C)c1CNC(=O)c1cccc(n1)C(=O)NCc1c(C)c(C)c(c(C)c1C)CNC(=O)c1cccc(n1)C(=O)NC2.O=C(O)CCCN(CCCC(=O)O[O-])c1ccc(C2=C([O-])CC2=O)cc1.O=C(O)CCC[N+](CCCS(=O)(=O)[O-])=C1C=CCC=C1. The number of ketones is 1. The molecule has 2 aliphatic carbocycles. The number of rotatable bonds is 24. The van der Waals surface area contributed by atoms with E-state index in [0.29, 0.717) is 51.0 Å². The molecule has 8 N–H and O–H groups in total. The topological polar surface area (TPSA) is 379 Å². The zero-order chi connectivity index (χ0) is 82.1. The smallest absolute Gasteiger partial charge is 0.303 e. The molecule has 3 aromatic carbocycles. The van der Waals surface area contributed by atoms with Crippen LogP contribution in [-0.2, 0) is 60.4 Å². The lowest BCUT2D eigenvalue weighted by atomic mass is 9.88. The number of pyridine rings is 2. The summed E-state index contributed by atoms with van der Waals surface area (Å²) in [6, 6.07) is 18.1. The number of nitrogens with one attached hydrogen (secondary N) is 6. The number of hydrogen-bond acceptors (Lipinski definition) is 17. The van der Waals surface area contributed by atoms with E-state index in [0.717, 1.165) is 96.7 Å². The number of aromatic nitrogens is 2. The molecule has 0 saturated carbocycles. The highest BCUT2D eigenvalue weighted by Gasteiger charge is 2.25. The van der Waals surface area contributed by atoms with Gasteiger partial charge in [-0.2, -0.15) is 0 Å². The van der Waals surface area contributed by atoms with Crippen molar-refractivity contribution in [2.45, 2.75) is 207 Å². The molecule has 4 amide bonds. The molecule has 26 nitrogen and oxygen atoms in total. The van der Waals surface area contributed by atoms with Crippen LogP contribution in [0, 0.1) is 55.4 Å². The van der Waals surface area contributed by atoms with Gasteiger partial charge in [-0.05, 0) is 239 Å². The molecule has 0 radical (unpaired) electrons. The van der Waals surface area contributed by atoms with Crippen LogP contribution in [0.25, 0.3) is 5.57 Å². The van der Waals surface area contributed by atoms with Crippen molar-refractivity contribution in [1.29, 1.82) is 0 Å². The summed E-state index contributed by atoms with van der Waals surface area (Å²) in [4.78, 5) is 114. The average molecular weight is 1540 g/mol. The van der Waals surface area contributed by atoms with Crippen LogP contribution in [-0.4, -0.2) is 161 Å². The summed E-state index contributed by atoms with van der Waals surface area (Å²) in [5.74, 6) is -4.86. The van der Waals surface area contributed by atoms with Crippen LogP contribution in [0.15, 0.2) is 90.7 Å². The Morgan fingerprint density at radius 1 is 0.545 bits per heavy atom. The van der Waals surface area contributed by atoms with Crippen LogP contribution in [0.2, 0.25) is 0 Å². The van der Waals surface area contributed by atoms with Gasteiger partial charge in [0.1, 0.15) is 35.9 Å². The maximum atomic E-state index is 13.2. The number of Topliss-reactive ketones (excluding diaryl/α,β-unsaturated/α-hetero) is 1. The maximum Gasteiger partial charge on any atom is 0.303 e. The van der Waals surface area contributed by atoms with Gasteiger partial charge in [0.25, 0.3) is 29.6 Å². The second-order valence-electron chi connectivity index (χ2n) is 28.1. The highest BCUT2D eigenvalue weighted by molar-refractivity contribution is 7.85. The van der Waals surface area contributed by atoms with Crippen LogP contribution >= 0.6 is 0 Å². The Hall–Kier alpha value is -9.80. The Labute approximate surface area is 649 Å². The van der Waals surface area contributed by atoms with Gasteiger partial charge in [-0.25, -0.2) is 23.0 Å². The lowest BCUT2D eigenvalue weighted by molar-refractivity contribution is -0.918. The summed E-state index contributed by atoms with van der Waals surface area (Å²) in [6.45, 7) is 41.9. The molecular weight excluding hydrogens is 1430 g/mol. The molecule has 2 aromatic heterocycles. The quantitative estimate of drug-likeness (QED) is 0.0144. The van der Waals surface area contributed by atoms with Crippen LogP contribution in [0.5, 0.6) is 0 Å². The number of carbonyl (C=O) groups is 8. The maximum absolute atomic E-state index is 13.2. The Bertz CT molecular complexity index is 3910. The predicted molar refractivity (Wildman–Crippen MR) is 420 cm³/mol. The summed E-state index contributed by atoms with van der Waals surface area (Å²) >= 11 is 0. The summed E-state index contributed by atoms with van der Waals surface area (Å²) in [5.41, 5.74) is 15.0. The molecule has 6 aliphatic rings. The van der Waals surface area contributed by atoms with E-state index in [-0.39, 0.29) is 122 Å². The summed E-state index contributed by atoms with van der Waals surface area (Å²) in [6.07, 6.45) is 10.2. The number of nitrogens with zero attached hydrogens (tertiary/aromatic N) is 4. The third-order valence-corrected chi connectivity index (χ3v) is 21.2. The molecule has 8 bridgehead atoms. The molecule has 0 unspecified atom stereocenters. The van der Waals surface area contributed by atoms with Gasteiger partial charge in [0.2, 0.25) is 0 Å². The minimum absolute atomic E-state index is 0.0120. The van der Waals surface area contributed by atoms with Crippen LogP contribution < -0.4 is 46.3 Å². The lowest BCUT2D eigenvalue weighted by Crippen LogP contribution is -3.14. The number of benzene rings is 3. The molecule has 4 aliphatic heterocycles. The molecular formula is C83H116N10O16S. The molecule has 0 atom stereocenters. The van der Waals surface area contributed by atoms with E-state index in [2.05, 4.69) is 91.5 Å². The zero-order valence-corrected chi connectivity index (χ0v) is 67.9. The van der Waals surface area contributed by atoms with Crippen LogP contribution in [0.3, 0.4) is 0 Å². The largest absolute Gasteiger partial charge is 0.875 e. The van der Waals surface area contributed by atoms with Gasteiger partial charge in [0.05, 0.1) is 54.8 Å². The van der Waals surface area contributed by atoms with Crippen molar-refractivity contribution in [3.63, 3.8) is 0 Å². The number of aliphatic carboxylic acids is 2. The number of hydrogen-bond donors (Lipinski definition) is 8. The fourth-order valence-electron chi connectivity index (χ4n) is 13.3. The van der Waals surface area contributed by atoms with Gasteiger partial charge in [0.15, 0.2) is 11.5 Å². The fourth-order valence-corrected chi connectivity index (χ4v) is 13.7. The molecule has 11 rings (SSSR count). The molecule has 110 heavy (non-hydrogen) atoms. The Morgan fingerprint density at radius 2 is 0.891 bits per heavy atom. The predicted octanol–water partition coefficient (Wildman–Crippen LogP) is 6.37. The van der Waals surface area contributed by atoms with E-state index >= 15 is 0 Å². The third kappa shape index (κ3) is 28.9. The molecule has 0 saturated heterocycles. The van der Waals surface area contributed by atoms with Crippen molar-refractivity contribution in [2.75, 3.05) is 63.0 Å². The molecule has 600 valence electrons. The van der Waals surface area contributed by atoms with Gasteiger partial charge >= 0.3 is 11.9 Å². The van der Waals surface area contributed by atoms with Gasteiger partial charge < -0.3 is 66.0 Å². The van der Waals surface area contributed by atoms with E-state index in [9.17, 15) is 61.7 Å². The number of allylic oxidation sites excluding steroid dienone is 6. The minimum Gasteiger partial charge on any atom is -0.875 e. The standard InChI is InChI=1S/C38H42N6O4.C18H21NO7.C13H19NO5S.2C7H17N/c1-19-20(2)28-16-40-36(46)32-12-10-14-34(44-32)38(48)42-18-30-25(7)23(5)29(24(6)26(30)8)17-41-37(47)33-13-9-11-31(43-33)35(45)39-15-27(19)21(3)22(28)4;20-14-11-15(21)18(14)12-5-7-13(8-6-12)19(9-1-3-16(22)23)10-2-4-17(24)26-25;15-13(16)8-4-9-14(10-5-11-20(17,18)19)12-6-2-1-3-7-12;2*1-5-8(6-2)7(3)4/h9-14H,15-18H2,1-8H3,(H,39,45)(H,40,46)(H,41,47)(H,42,48);5-8,20,25H,1-4,9-11H2,(H,22,23);2-3,6-7H,1,4-5,8-11H2,(H-,15,16,17,18,19);2*7H,5-6H2,1-4H3. The number of anilines is 1. The van der Waals surface area contributed by atoms with Crippen molar-refractivity contribution in [3.05, 3.63) is 186 Å². The van der Waals surface area contributed by atoms with Crippen molar-refractivity contribution in [2.24, 2.45) is 0 Å². The van der Waals surface area contributed by atoms with Gasteiger partial charge in [0, 0.05) is 101 Å². The highest BCUT2D eigenvalue weighted by Crippen LogP contribution is 2.32. The van der Waals surface area contributed by atoms with E-state index in [1.54, 1.807) is 70.5 Å². The third-order valence-electron chi connectivity index (χ3n) is 20.4. The second-order valence-corrected chi connectivity index (χ2v) is 29.6.